The summed E-state index contributed by atoms with van der Waals surface area (Å²) >= 11 is 0. The number of ether oxygens (including phenoxy) is 2. The first-order valence-corrected chi connectivity index (χ1v) is 7.24. The zero-order valence-electron chi connectivity index (χ0n) is 12.1. The highest BCUT2D eigenvalue weighted by Crippen LogP contribution is 2.22. The molecule has 1 N–H and O–H groups in total. The van der Waals surface area contributed by atoms with Gasteiger partial charge in [0, 0.05) is 0 Å². The van der Waals surface area contributed by atoms with E-state index >= 15 is 0 Å². The molecule has 0 aromatic heterocycles. The molecule has 0 spiro atoms. The second-order valence-electron chi connectivity index (χ2n) is 4.92. The summed E-state index contributed by atoms with van der Waals surface area (Å²) in [5.74, 6) is -0.215. The topological polar surface area (TPSA) is 50.8 Å². The second kappa shape index (κ2) is 7.06. The van der Waals surface area contributed by atoms with Crippen LogP contribution in [0.5, 0.6) is 0 Å². The summed E-state index contributed by atoms with van der Waals surface area (Å²) < 4.78 is 10.7. The van der Waals surface area contributed by atoms with Crippen molar-refractivity contribution in [1.29, 1.82) is 0 Å². The maximum Gasteiger partial charge on any atom is 0.270 e. The Hall–Kier alpha value is -2.37. The van der Waals surface area contributed by atoms with Gasteiger partial charge in [-0.15, -0.1) is 0 Å². The number of rotatable bonds is 4. The molecule has 1 atom stereocenters. The molecule has 2 aromatic rings. The minimum Gasteiger partial charge on any atom is -0.376 e. The van der Waals surface area contributed by atoms with Crippen molar-refractivity contribution >= 4 is 17.3 Å². The Bertz CT molecular complexity index is 558. The van der Waals surface area contributed by atoms with Gasteiger partial charge in [0.1, 0.15) is 0 Å². The lowest BCUT2D eigenvalue weighted by Crippen LogP contribution is -2.48. The van der Waals surface area contributed by atoms with Gasteiger partial charge in [-0.2, -0.15) is 0 Å². The third-order valence-electron chi connectivity index (χ3n) is 3.36. The molecule has 3 rings (SSSR count). The number of nitrogens with one attached hydrogen (secondary N) is 1. The van der Waals surface area contributed by atoms with E-state index in [1.54, 1.807) is 5.01 Å². The molecule has 0 bridgehead atoms. The van der Waals surface area contributed by atoms with Crippen molar-refractivity contribution < 1.29 is 14.3 Å². The zero-order chi connectivity index (χ0) is 15.2. The number of hydrogen-bond donors (Lipinski definition) is 1. The van der Waals surface area contributed by atoms with Gasteiger partial charge in [0.2, 0.25) is 0 Å². The Morgan fingerprint density at radius 3 is 2.05 bits per heavy atom. The molecule has 1 amide bonds. The van der Waals surface area contributed by atoms with Gasteiger partial charge in [-0.3, -0.25) is 15.2 Å². The normalized spacial score (nSPS) is 17.7. The van der Waals surface area contributed by atoms with Crippen molar-refractivity contribution in [3.05, 3.63) is 60.7 Å². The van der Waals surface area contributed by atoms with Gasteiger partial charge >= 0.3 is 0 Å². The Kier molecular flexibility index (Phi) is 4.68. The van der Waals surface area contributed by atoms with Crippen LogP contribution in [0.4, 0.5) is 11.4 Å². The lowest BCUT2D eigenvalue weighted by atomic mass is 10.2. The van der Waals surface area contributed by atoms with Crippen LogP contribution in [0.2, 0.25) is 0 Å². The Morgan fingerprint density at radius 1 is 0.955 bits per heavy atom. The number of benzene rings is 2. The van der Waals surface area contributed by atoms with Crippen LogP contribution in [-0.2, 0) is 14.3 Å². The van der Waals surface area contributed by atoms with E-state index in [0.29, 0.717) is 13.2 Å². The fourth-order valence-corrected chi connectivity index (χ4v) is 2.25. The minimum absolute atomic E-state index is 0.215. The van der Waals surface area contributed by atoms with Gasteiger partial charge in [0.15, 0.2) is 6.10 Å². The van der Waals surface area contributed by atoms with Crippen molar-refractivity contribution in [2.75, 3.05) is 24.8 Å². The average Bonchev–Trinajstić information content (AvgIpc) is 2.62. The standard InChI is InChI=1S/C17H18N2O3/c20-17(16-13-21-11-12-22-16)18-19(14-7-3-1-4-8-14)15-9-5-2-6-10-15/h1-10,16H,11-13H2,(H,18,20). The molecule has 1 saturated heterocycles. The molecule has 5 heteroatoms. The monoisotopic (exact) mass is 298 g/mol. The van der Waals surface area contributed by atoms with E-state index in [4.69, 9.17) is 9.47 Å². The van der Waals surface area contributed by atoms with Crippen LogP contribution in [-0.4, -0.2) is 31.8 Å². The number of carbonyl (C=O) groups is 1. The summed E-state index contributed by atoms with van der Waals surface area (Å²) in [5.41, 5.74) is 4.66. The van der Waals surface area contributed by atoms with Gasteiger partial charge in [0.25, 0.3) is 5.91 Å². The highest BCUT2D eigenvalue weighted by molar-refractivity contribution is 5.84. The molecule has 0 aliphatic carbocycles. The number of carbonyl (C=O) groups excluding carboxylic acids is 1. The van der Waals surface area contributed by atoms with Crippen molar-refractivity contribution in [2.24, 2.45) is 0 Å². The SMILES string of the molecule is O=C(NN(c1ccccc1)c1ccccc1)C1COCCO1. The first kappa shape index (κ1) is 14.6. The lowest BCUT2D eigenvalue weighted by molar-refractivity contribution is -0.147. The third-order valence-corrected chi connectivity index (χ3v) is 3.36. The van der Waals surface area contributed by atoms with Gasteiger partial charge in [-0.25, -0.2) is 0 Å². The predicted octanol–water partition coefficient (Wildman–Crippen LogP) is 2.27. The van der Waals surface area contributed by atoms with E-state index in [2.05, 4.69) is 5.43 Å². The summed E-state index contributed by atoms with van der Waals surface area (Å²) in [6.07, 6.45) is -0.580. The molecule has 1 aliphatic rings. The first-order valence-electron chi connectivity index (χ1n) is 7.24. The maximum absolute atomic E-state index is 12.4. The van der Waals surface area contributed by atoms with E-state index in [9.17, 15) is 4.79 Å². The largest absolute Gasteiger partial charge is 0.376 e. The maximum atomic E-state index is 12.4. The molecule has 1 fully saturated rings. The molecule has 0 saturated carbocycles. The smallest absolute Gasteiger partial charge is 0.270 e. The summed E-state index contributed by atoms with van der Waals surface area (Å²) in [5, 5.41) is 1.75. The van der Waals surface area contributed by atoms with Crippen LogP contribution >= 0.6 is 0 Å². The van der Waals surface area contributed by atoms with Crippen molar-refractivity contribution in [3.8, 4) is 0 Å². The van der Waals surface area contributed by atoms with E-state index in [-0.39, 0.29) is 12.5 Å². The Labute approximate surface area is 129 Å². The van der Waals surface area contributed by atoms with E-state index in [1.807, 2.05) is 60.7 Å². The van der Waals surface area contributed by atoms with Crippen molar-refractivity contribution in [1.82, 2.24) is 5.43 Å². The summed E-state index contributed by atoms with van der Waals surface area (Å²) in [7, 11) is 0. The molecule has 1 aliphatic heterocycles. The number of hydrazine groups is 1. The third kappa shape index (κ3) is 3.44. The van der Waals surface area contributed by atoms with Crippen LogP contribution < -0.4 is 10.4 Å². The molecular weight excluding hydrogens is 280 g/mol. The van der Waals surface area contributed by atoms with Crippen LogP contribution in [0.25, 0.3) is 0 Å². The van der Waals surface area contributed by atoms with Crippen LogP contribution in [0.15, 0.2) is 60.7 Å². The number of para-hydroxylation sites is 2. The van der Waals surface area contributed by atoms with Crippen LogP contribution in [0.3, 0.4) is 0 Å². The van der Waals surface area contributed by atoms with Gasteiger partial charge in [-0.1, -0.05) is 36.4 Å². The minimum atomic E-state index is -0.580. The quantitative estimate of drug-likeness (QED) is 0.880. The molecular formula is C17H18N2O3. The molecule has 0 radical (unpaired) electrons. The average molecular weight is 298 g/mol. The van der Waals surface area contributed by atoms with Crippen LogP contribution in [0, 0.1) is 0 Å². The first-order chi connectivity index (χ1) is 10.8. The molecule has 5 nitrogen and oxygen atoms in total. The fourth-order valence-electron chi connectivity index (χ4n) is 2.25. The predicted molar refractivity (Wildman–Crippen MR) is 83.7 cm³/mol. The van der Waals surface area contributed by atoms with Gasteiger partial charge in [0.05, 0.1) is 31.2 Å². The highest BCUT2D eigenvalue weighted by Gasteiger charge is 2.24. The highest BCUT2D eigenvalue weighted by atomic mass is 16.6. The van der Waals surface area contributed by atoms with Crippen LogP contribution in [0.1, 0.15) is 0 Å². The van der Waals surface area contributed by atoms with E-state index in [1.165, 1.54) is 0 Å². The zero-order valence-corrected chi connectivity index (χ0v) is 12.1. The number of hydrogen-bond acceptors (Lipinski definition) is 4. The Balaban J connectivity index is 1.81. The number of anilines is 2. The summed E-state index contributed by atoms with van der Waals surface area (Å²) in [6, 6.07) is 19.3. The lowest BCUT2D eigenvalue weighted by Gasteiger charge is -2.29. The van der Waals surface area contributed by atoms with Gasteiger partial charge in [-0.05, 0) is 24.3 Å². The molecule has 22 heavy (non-hydrogen) atoms. The van der Waals surface area contributed by atoms with E-state index < -0.39 is 6.10 Å². The Morgan fingerprint density at radius 2 is 1.55 bits per heavy atom. The van der Waals surface area contributed by atoms with Crippen molar-refractivity contribution in [2.45, 2.75) is 6.10 Å². The second-order valence-corrected chi connectivity index (χ2v) is 4.92. The number of amides is 1. The molecule has 1 heterocycles. The molecule has 2 aromatic carbocycles. The summed E-state index contributed by atoms with van der Waals surface area (Å²) in [6.45, 7) is 1.25. The summed E-state index contributed by atoms with van der Waals surface area (Å²) in [4.78, 5) is 12.4. The van der Waals surface area contributed by atoms with Crippen molar-refractivity contribution in [3.63, 3.8) is 0 Å². The van der Waals surface area contributed by atoms with Gasteiger partial charge < -0.3 is 9.47 Å². The molecule has 1 unspecified atom stereocenters. The van der Waals surface area contributed by atoms with E-state index in [0.717, 1.165) is 11.4 Å². The number of nitrogens with zero attached hydrogens (tertiary/aromatic N) is 1. The fraction of sp³-hybridized carbons (Fsp3) is 0.235. The molecule has 114 valence electrons.